The van der Waals surface area contributed by atoms with Gasteiger partial charge in [-0.3, -0.25) is 0 Å². The van der Waals surface area contributed by atoms with Crippen LogP contribution >= 0.6 is 0 Å². The third-order valence-electron chi connectivity index (χ3n) is 2.52. The van der Waals surface area contributed by atoms with Gasteiger partial charge in [0, 0.05) is 6.42 Å². The zero-order valence-corrected chi connectivity index (χ0v) is 15.2. The Labute approximate surface area is 123 Å². The van der Waals surface area contributed by atoms with Gasteiger partial charge in [-0.1, -0.05) is 67.9 Å². The molecule has 0 saturated heterocycles. The topological polar surface area (TPSA) is 9.23 Å². The molecule has 0 radical (unpaired) electrons. The monoisotopic (exact) mass is 270 g/mol. The molecule has 0 unspecified atom stereocenters. The Balaban J connectivity index is -0.000000445. The average molecular weight is 271 g/mol. The van der Waals surface area contributed by atoms with Gasteiger partial charge in [-0.05, 0) is 30.4 Å². The van der Waals surface area contributed by atoms with Gasteiger partial charge >= 0.3 is 0 Å². The van der Waals surface area contributed by atoms with Crippen LogP contribution in [0.2, 0.25) is 0 Å². The molecule has 1 nitrogen and oxygen atoms in total. The first-order valence-electron chi connectivity index (χ1n) is 7.96. The number of rotatable bonds is 5. The Hall–Kier alpha value is -0.720. The molecule has 0 aromatic rings. The number of ether oxygens (including phenoxy) is 1. The molecular weight excluding hydrogens is 232 g/mol. The summed E-state index contributed by atoms with van der Waals surface area (Å²) in [5.74, 6) is 1.67. The van der Waals surface area contributed by atoms with Gasteiger partial charge in [-0.2, -0.15) is 0 Å². The molecule has 0 atom stereocenters. The number of methoxy groups -OCH3 is 1. The van der Waals surface area contributed by atoms with Crippen LogP contribution in [0.5, 0.6) is 0 Å². The summed E-state index contributed by atoms with van der Waals surface area (Å²) in [5, 5.41) is 0. The van der Waals surface area contributed by atoms with E-state index >= 15 is 0 Å². The first-order valence-corrected chi connectivity index (χ1v) is 7.96. The predicted octanol–water partition coefficient (Wildman–Crippen LogP) is 6.75. The average Bonchev–Trinajstić information content (AvgIpc) is 2.42. The van der Waals surface area contributed by atoms with E-state index in [0.717, 1.165) is 18.6 Å². The van der Waals surface area contributed by atoms with Crippen molar-refractivity contribution in [3.8, 4) is 0 Å². The maximum Gasteiger partial charge on any atom is 0.0989 e. The second-order valence-electron chi connectivity index (χ2n) is 4.42. The van der Waals surface area contributed by atoms with E-state index in [1.807, 2.05) is 13.8 Å². The SMILES string of the molecule is C/C=C(CC)/C(=C(/CC)OC)C(C)C.CC.CCC. The Morgan fingerprint density at radius 3 is 1.58 bits per heavy atom. The van der Waals surface area contributed by atoms with E-state index < -0.39 is 0 Å². The van der Waals surface area contributed by atoms with Crippen molar-refractivity contribution in [3.05, 3.63) is 23.0 Å². The zero-order valence-electron chi connectivity index (χ0n) is 15.2. The Kier molecular flexibility index (Phi) is 21.3. The van der Waals surface area contributed by atoms with Crippen LogP contribution in [-0.4, -0.2) is 7.11 Å². The Morgan fingerprint density at radius 2 is 1.42 bits per heavy atom. The van der Waals surface area contributed by atoms with Gasteiger partial charge in [-0.15, -0.1) is 0 Å². The molecule has 0 aliphatic carbocycles. The van der Waals surface area contributed by atoms with Crippen molar-refractivity contribution in [2.45, 2.75) is 81.6 Å². The maximum atomic E-state index is 5.45. The summed E-state index contributed by atoms with van der Waals surface area (Å²) in [6.07, 6.45) is 5.50. The lowest BCUT2D eigenvalue weighted by molar-refractivity contribution is 0.272. The second-order valence-corrected chi connectivity index (χ2v) is 4.42. The highest BCUT2D eigenvalue weighted by atomic mass is 16.5. The molecule has 0 N–H and O–H groups in total. The van der Waals surface area contributed by atoms with Gasteiger partial charge in [0.05, 0.1) is 12.9 Å². The standard InChI is InChI=1S/C13H24O.C3H8.C2H6/c1-7-11(8-2)13(10(4)5)12(9-3)14-6;1-3-2;1-2/h7,10H,8-9H2,1-6H3;3H2,1-2H3;1-2H3/b11-7+,13-12-;;. The van der Waals surface area contributed by atoms with Crippen LogP contribution in [0.15, 0.2) is 23.0 Å². The van der Waals surface area contributed by atoms with Gasteiger partial charge in [0.2, 0.25) is 0 Å². The van der Waals surface area contributed by atoms with Crippen molar-refractivity contribution in [3.63, 3.8) is 0 Å². The third-order valence-corrected chi connectivity index (χ3v) is 2.52. The van der Waals surface area contributed by atoms with Crippen LogP contribution in [0.1, 0.15) is 81.6 Å². The molecule has 0 aromatic carbocycles. The van der Waals surface area contributed by atoms with Gasteiger partial charge in [0.25, 0.3) is 0 Å². The van der Waals surface area contributed by atoms with Crippen molar-refractivity contribution in [2.24, 2.45) is 5.92 Å². The Bertz CT molecular complexity index is 228. The molecule has 0 bridgehead atoms. The van der Waals surface area contributed by atoms with Crippen molar-refractivity contribution < 1.29 is 4.74 Å². The van der Waals surface area contributed by atoms with Crippen LogP contribution in [-0.2, 0) is 4.74 Å². The van der Waals surface area contributed by atoms with Gasteiger partial charge in [-0.25, -0.2) is 0 Å². The molecule has 0 amide bonds. The lowest BCUT2D eigenvalue weighted by Crippen LogP contribution is -2.04. The highest BCUT2D eigenvalue weighted by Crippen LogP contribution is 2.27. The van der Waals surface area contributed by atoms with Crippen LogP contribution in [0.25, 0.3) is 0 Å². The smallest absolute Gasteiger partial charge is 0.0989 e. The summed E-state index contributed by atoms with van der Waals surface area (Å²) < 4.78 is 5.45. The van der Waals surface area contributed by atoms with E-state index in [9.17, 15) is 0 Å². The Morgan fingerprint density at radius 1 is 1.00 bits per heavy atom. The minimum absolute atomic E-state index is 0.538. The first kappa shape index (κ1) is 23.4. The van der Waals surface area contributed by atoms with Crippen LogP contribution in [0.3, 0.4) is 0 Å². The molecule has 0 saturated carbocycles. The molecule has 0 heterocycles. The van der Waals surface area contributed by atoms with E-state index in [0.29, 0.717) is 5.92 Å². The second kappa shape index (κ2) is 17.3. The lowest BCUT2D eigenvalue weighted by atomic mass is 9.91. The fraction of sp³-hybridized carbons (Fsp3) is 0.778. The number of hydrogen-bond acceptors (Lipinski definition) is 1. The van der Waals surface area contributed by atoms with Crippen molar-refractivity contribution in [1.29, 1.82) is 0 Å². The van der Waals surface area contributed by atoms with E-state index in [1.165, 1.54) is 17.6 Å². The molecule has 0 fully saturated rings. The molecule has 1 heteroatoms. The summed E-state index contributed by atoms with van der Waals surface area (Å²) in [6, 6.07) is 0. The summed E-state index contributed by atoms with van der Waals surface area (Å²) in [6.45, 7) is 19.1. The quantitative estimate of drug-likeness (QED) is 0.396. The maximum absolute atomic E-state index is 5.45. The summed E-state index contributed by atoms with van der Waals surface area (Å²) in [4.78, 5) is 0. The van der Waals surface area contributed by atoms with Crippen LogP contribution < -0.4 is 0 Å². The molecular formula is C18H38O. The van der Waals surface area contributed by atoms with Gasteiger partial charge in [0.1, 0.15) is 0 Å². The van der Waals surface area contributed by atoms with E-state index in [-0.39, 0.29) is 0 Å². The van der Waals surface area contributed by atoms with Crippen molar-refractivity contribution in [1.82, 2.24) is 0 Å². The van der Waals surface area contributed by atoms with Crippen molar-refractivity contribution >= 4 is 0 Å². The molecule has 0 aromatic heterocycles. The number of allylic oxidation sites excluding steroid dienone is 4. The minimum Gasteiger partial charge on any atom is -0.501 e. The van der Waals surface area contributed by atoms with Crippen LogP contribution in [0, 0.1) is 5.92 Å². The predicted molar refractivity (Wildman–Crippen MR) is 90.5 cm³/mol. The highest BCUT2D eigenvalue weighted by Gasteiger charge is 2.13. The number of hydrogen-bond donors (Lipinski definition) is 0. The van der Waals surface area contributed by atoms with E-state index in [4.69, 9.17) is 4.74 Å². The minimum atomic E-state index is 0.538. The lowest BCUT2D eigenvalue weighted by Gasteiger charge is -2.18. The fourth-order valence-corrected chi connectivity index (χ4v) is 1.87. The molecule has 0 rings (SSSR count). The highest BCUT2D eigenvalue weighted by molar-refractivity contribution is 5.34. The van der Waals surface area contributed by atoms with Gasteiger partial charge < -0.3 is 4.74 Å². The zero-order chi connectivity index (χ0) is 15.8. The fourth-order valence-electron chi connectivity index (χ4n) is 1.87. The largest absolute Gasteiger partial charge is 0.501 e. The summed E-state index contributed by atoms with van der Waals surface area (Å²) in [5.41, 5.74) is 2.80. The normalized spacial score (nSPS) is 11.8. The van der Waals surface area contributed by atoms with E-state index in [2.05, 4.69) is 54.5 Å². The summed E-state index contributed by atoms with van der Waals surface area (Å²) >= 11 is 0. The molecule has 0 spiro atoms. The van der Waals surface area contributed by atoms with E-state index in [1.54, 1.807) is 7.11 Å². The molecule has 116 valence electrons. The van der Waals surface area contributed by atoms with Crippen molar-refractivity contribution in [2.75, 3.05) is 7.11 Å². The summed E-state index contributed by atoms with van der Waals surface area (Å²) in [7, 11) is 1.77. The van der Waals surface area contributed by atoms with Gasteiger partial charge in [0.15, 0.2) is 0 Å². The first-order chi connectivity index (χ1) is 9.03. The molecule has 19 heavy (non-hydrogen) atoms. The molecule has 0 aliphatic heterocycles. The molecule has 0 aliphatic rings. The third kappa shape index (κ3) is 10.9. The van der Waals surface area contributed by atoms with Crippen LogP contribution in [0.4, 0.5) is 0 Å².